The number of rotatable bonds is 6. The van der Waals surface area contributed by atoms with Gasteiger partial charge in [0.15, 0.2) is 16.6 Å². The lowest BCUT2D eigenvalue weighted by molar-refractivity contribution is -0.114. The van der Waals surface area contributed by atoms with Crippen molar-refractivity contribution in [3.8, 4) is 21.9 Å². The van der Waals surface area contributed by atoms with Crippen molar-refractivity contribution in [2.75, 3.05) is 19.0 Å². The first-order valence-corrected chi connectivity index (χ1v) is 7.93. The molecule has 0 bridgehead atoms. The van der Waals surface area contributed by atoms with Crippen molar-refractivity contribution >= 4 is 22.4 Å². The van der Waals surface area contributed by atoms with E-state index >= 15 is 0 Å². The van der Waals surface area contributed by atoms with Crippen molar-refractivity contribution in [3.05, 3.63) is 23.9 Å². The molecule has 2 rings (SSSR count). The molecule has 0 aliphatic rings. The number of aryl methyl sites for hydroxylation is 1. The van der Waals surface area contributed by atoms with E-state index in [-0.39, 0.29) is 5.91 Å². The maximum atomic E-state index is 11.1. The van der Waals surface area contributed by atoms with Gasteiger partial charge < -0.3 is 14.8 Å². The Morgan fingerprint density at radius 1 is 1.36 bits per heavy atom. The molecule has 2 aromatic rings. The van der Waals surface area contributed by atoms with E-state index in [1.54, 1.807) is 7.11 Å². The van der Waals surface area contributed by atoms with Gasteiger partial charge in [0, 0.05) is 6.92 Å². The molecule has 118 valence electrons. The average molecular weight is 320 g/mol. The fraction of sp³-hybridized carbons (Fsp3) is 0.375. The maximum Gasteiger partial charge on any atom is 0.223 e. The van der Waals surface area contributed by atoms with Crippen LogP contribution in [0.25, 0.3) is 10.4 Å². The number of nitrogens with zero attached hydrogens (tertiary/aromatic N) is 1. The zero-order valence-electron chi connectivity index (χ0n) is 13.2. The summed E-state index contributed by atoms with van der Waals surface area (Å²) in [5.41, 5.74) is 1.87. The van der Waals surface area contributed by atoms with Crippen LogP contribution in [-0.4, -0.2) is 24.6 Å². The average Bonchev–Trinajstić information content (AvgIpc) is 2.84. The fourth-order valence-electron chi connectivity index (χ4n) is 2.01. The Bertz CT molecular complexity index is 667. The highest BCUT2D eigenvalue weighted by atomic mass is 32.1. The van der Waals surface area contributed by atoms with E-state index in [0.29, 0.717) is 17.5 Å². The highest BCUT2D eigenvalue weighted by molar-refractivity contribution is 7.19. The summed E-state index contributed by atoms with van der Waals surface area (Å²) in [7, 11) is 1.63. The van der Waals surface area contributed by atoms with Gasteiger partial charge in [0.05, 0.1) is 24.3 Å². The van der Waals surface area contributed by atoms with Crippen molar-refractivity contribution in [2.24, 2.45) is 0 Å². The summed E-state index contributed by atoms with van der Waals surface area (Å²) in [6.45, 7) is 6.09. The molecule has 0 atom stereocenters. The summed E-state index contributed by atoms with van der Waals surface area (Å²) < 4.78 is 11.1. The molecule has 1 N–H and O–H groups in total. The molecule has 0 radical (unpaired) electrons. The molecular weight excluding hydrogens is 300 g/mol. The summed E-state index contributed by atoms with van der Waals surface area (Å²) in [5, 5.41) is 3.32. The Balaban J connectivity index is 2.35. The number of thiazole rings is 1. The van der Waals surface area contributed by atoms with Crippen molar-refractivity contribution in [1.29, 1.82) is 0 Å². The van der Waals surface area contributed by atoms with Crippen LogP contribution in [0.5, 0.6) is 11.5 Å². The van der Waals surface area contributed by atoms with E-state index in [0.717, 1.165) is 28.3 Å². The van der Waals surface area contributed by atoms with E-state index in [2.05, 4.69) is 17.2 Å². The van der Waals surface area contributed by atoms with Crippen LogP contribution in [0.2, 0.25) is 0 Å². The Hall–Kier alpha value is -2.08. The molecule has 0 saturated carbocycles. The lowest BCUT2D eigenvalue weighted by atomic mass is 10.1. The van der Waals surface area contributed by atoms with Crippen molar-refractivity contribution in [3.63, 3.8) is 0 Å². The number of carbonyl (C=O) groups excluding carboxylic acids is 1. The lowest BCUT2D eigenvalue weighted by Gasteiger charge is -2.11. The monoisotopic (exact) mass is 320 g/mol. The van der Waals surface area contributed by atoms with Crippen LogP contribution in [0.4, 0.5) is 5.13 Å². The Kier molecular flexibility index (Phi) is 5.38. The summed E-state index contributed by atoms with van der Waals surface area (Å²) in [6.07, 6.45) is 0.930. The zero-order chi connectivity index (χ0) is 16.1. The number of benzene rings is 1. The molecule has 22 heavy (non-hydrogen) atoms. The molecule has 0 saturated heterocycles. The third-order valence-electron chi connectivity index (χ3n) is 2.97. The van der Waals surface area contributed by atoms with E-state index in [1.807, 2.05) is 25.1 Å². The van der Waals surface area contributed by atoms with Gasteiger partial charge in [-0.05, 0) is 37.1 Å². The van der Waals surface area contributed by atoms with Gasteiger partial charge >= 0.3 is 0 Å². The van der Waals surface area contributed by atoms with Crippen molar-refractivity contribution in [2.45, 2.75) is 27.2 Å². The largest absolute Gasteiger partial charge is 0.493 e. The number of amides is 1. The van der Waals surface area contributed by atoms with Gasteiger partial charge in [-0.15, -0.1) is 0 Å². The standard InChI is InChI=1S/C16H20N2O3S/c1-5-8-21-14-9-12(6-7-13(14)20-4)15-10(2)17-16(22-15)18-11(3)19/h6-7,9H,5,8H2,1-4H3,(H,17,18,19). The first kappa shape index (κ1) is 16.3. The van der Waals surface area contributed by atoms with Gasteiger partial charge in [-0.1, -0.05) is 18.3 Å². The Labute approximate surface area is 134 Å². The molecule has 6 heteroatoms. The number of carbonyl (C=O) groups is 1. The number of ether oxygens (including phenoxy) is 2. The molecule has 0 aliphatic carbocycles. The molecule has 1 aromatic heterocycles. The summed E-state index contributed by atoms with van der Waals surface area (Å²) in [5.74, 6) is 1.30. The molecule has 1 amide bonds. The van der Waals surface area contributed by atoms with Crippen LogP contribution in [0, 0.1) is 6.92 Å². The third-order valence-corrected chi connectivity index (χ3v) is 4.09. The number of methoxy groups -OCH3 is 1. The second-order valence-corrected chi connectivity index (χ2v) is 5.83. The number of aromatic nitrogens is 1. The second kappa shape index (κ2) is 7.26. The van der Waals surface area contributed by atoms with Crippen molar-refractivity contribution < 1.29 is 14.3 Å². The minimum absolute atomic E-state index is 0.123. The minimum Gasteiger partial charge on any atom is -0.493 e. The zero-order valence-corrected chi connectivity index (χ0v) is 14.0. The van der Waals surface area contributed by atoms with Gasteiger partial charge in [0.2, 0.25) is 5.91 Å². The van der Waals surface area contributed by atoms with Gasteiger partial charge in [-0.2, -0.15) is 0 Å². The van der Waals surface area contributed by atoms with Crippen LogP contribution >= 0.6 is 11.3 Å². The van der Waals surface area contributed by atoms with Gasteiger partial charge in [0.1, 0.15) is 0 Å². The summed E-state index contributed by atoms with van der Waals surface area (Å²) >= 11 is 1.45. The number of nitrogens with one attached hydrogen (secondary N) is 1. The lowest BCUT2D eigenvalue weighted by Crippen LogP contribution is -2.04. The smallest absolute Gasteiger partial charge is 0.223 e. The van der Waals surface area contributed by atoms with E-state index in [4.69, 9.17) is 9.47 Å². The van der Waals surface area contributed by atoms with Crippen LogP contribution in [-0.2, 0) is 4.79 Å². The topological polar surface area (TPSA) is 60.5 Å². The maximum absolute atomic E-state index is 11.1. The van der Waals surface area contributed by atoms with Crippen molar-refractivity contribution in [1.82, 2.24) is 4.98 Å². The first-order valence-electron chi connectivity index (χ1n) is 7.11. The highest BCUT2D eigenvalue weighted by Gasteiger charge is 2.13. The molecule has 0 aliphatic heterocycles. The summed E-state index contributed by atoms with van der Waals surface area (Å²) in [6, 6.07) is 5.81. The SMILES string of the molecule is CCCOc1cc(-c2sc(NC(C)=O)nc2C)ccc1OC. The third kappa shape index (κ3) is 3.76. The minimum atomic E-state index is -0.123. The molecule has 1 heterocycles. The molecule has 0 unspecified atom stereocenters. The van der Waals surface area contributed by atoms with E-state index in [9.17, 15) is 4.79 Å². The second-order valence-electron chi connectivity index (χ2n) is 4.83. The summed E-state index contributed by atoms with van der Waals surface area (Å²) in [4.78, 5) is 16.5. The molecule has 1 aromatic carbocycles. The fourth-order valence-corrected chi connectivity index (χ4v) is 3.02. The van der Waals surface area contributed by atoms with Crippen LogP contribution in [0.3, 0.4) is 0 Å². The van der Waals surface area contributed by atoms with Gasteiger partial charge in [-0.25, -0.2) is 4.98 Å². The molecule has 0 spiro atoms. The van der Waals surface area contributed by atoms with E-state index < -0.39 is 0 Å². The van der Waals surface area contributed by atoms with Crippen LogP contribution in [0.1, 0.15) is 26.0 Å². The molecular formula is C16H20N2O3S. The van der Waals surface area contributed by atoms with Crippen LogP contribution in [0.15, 0.2) is 18.2 Å². The Morgan fingerprint density at radius 2 is 2.14 bits per heavy atom. The van der Waals surface area contributed by atoms with Gasteiger partial charge in [-0.3, -0.25) is 4.79 Å². The normalized spacial score (nSPS) is 10.4. The highest BCUT2D eigenvalue weighted by Crippen LogP contribution is 2.37. The van der Waals surface area contributed by atoms with Crippen LogP contribution < -0.4 is 14.8 Å². The first-order chi connectivity index (χ1) is 10.5. The number of hydrogen-bond donors (Lipinski definition) is 1. The molecule has 0 fully saturated rings. The quantitative estimate of drug-likeness (QED) is 0.877. The Morgan fingerprint density at radius 3 is 2.77 bits per heavy atom. The number of anilines is 1. The molecule has 5 nitrogen and oxygen atoms in total. The predicted octanol–water partition coefficient (Wildman–Crippen LogP) is 3.87. The predicted molar refractivity (Wildman–Crippen MR) is 88.9 cm³/mol. The number of hydrogen-bond acceptors (Lipinski definition) is 5. The van der Waals surface area contributed by atoms with Gasteiger partial charge in [0.25, 0.3) is 0 Å². The van der Waals surface area contributed by atoms with E-state index in [1.165, 1.54) is 18.3 Å².